The van der Waals surface area contributed by atoms with Crippen molar-refractivity contribution in [3.63, 3.8) is 0 Å². The Labute approximate surface area is 109 Å². The Bertz CT molecular complexity index is 397. The minimum atomic E-state index is -0.176. The van der Waals surface area contributed by atoms with Crippen molar-refractivity contribution in [1.82, 2.24) is 10.0 Å². The average molecular weight is 301 g/mol. The molecule has 1 aromatic heterocycles. The van der Waals surface area contributed by atoms with Gasteiger partial charge in [0.15, 0.2) is 0 Å². The predicted molar refractivity (Wildman–Crippen MR) is 68.6 cm³/mol. The minimum Gasteiger partial charge on any atom is -0.343 e. The van der Waals surface area contributed by atoms with Crippen LogP contribution in [-0.4, -0.2) is 16.6 Å². The molecule has 0 radical (unpaired) electrons. The van der Waals surface area contributed by atoms with Crippen LogP contribution in [0.25, 0.3) is 0 Å². The van der Waals surface area contributed by atoms with Crippen LogP contribution in [0, 0.1) is 0 Å². The third-order valence-electron chi connectivity index (χ3n) is 3.06. The standard InChI is InChI=1S/C12H17BrN2O2/c1-2-15-8-9(13)7-11(15)12(16)14-17-10-5-3-4-6-10/h7-8,10H,2-6H2,1H3,(H,14,16). The third kappa shape index (κ3) is 3.10. The summed E-state index contributed by atoms with van der Waals surface area (Å²) in [5, 5.41) is 0. The third-order valence-corrected chi connectivity index (χ3v) is 3.49. The number of halogens is 1. The number of carbonyl (C=O) groups is 1. The van der Waals surface area contributed by atoms with E-state index in [0.717, 1.165) is 23.9 Å². The van der Waals surface area contributed by atoms with E-state index in [1.54, 1.807) is 6.07 Å². The molecule has 94 valence electrons. The van der Waals surface area contributed by atoms with Gasteiger partial charge in [-0.1, -0.05) is 12.8 Å². The Kier molecular flexibility index (Phi) is 4.23. The SMILES string of the molecule is CCn1cc(Br)cc1C(=O)NOC1CCCC1. The van der Waals surface area contributed by atoms with E-state index in [1.165, 1.54) is 12.8 Å². The summed E-state index contributed by atoms with van der Waals surface area (Å²) in [6.45, 7) is 2.76. The highest BCUT2D eigenvalue weighted by Crippen LogP contribution is 2.20. The maximum Gasteiger partial charge on any atom is 0.291 e. The first-order valence-electron chi connectivity index (χ1n) is 6.02. The number of hydrogen-bond acceptors (Lipinski definition) is 2. The van der Waals surface area contributed by atoms with Crippen LogP contribution in [0.5, 0.6) is 0 Å². The first kappa shape index (κ1) is 12.6. The summed E-state index contributed by atoms with van der Waals surface area (Å²) in [6, 6.07) is 1.80. The lowest BCUT2D eigenvalue weighted by Gasteiger charge is -2.12. The quantitative estimate of drug-likeness (QED) is 0.869. The number of nitrogens with zero attached hydrogens (tertiary/aromatic N) is 1. The highest BCUT2D eigenvalue weighted by Gasteiger charge is 2.18. The van der Waals surface area contributed by atoms with Crippen LogP contribution in [0.15, 0.2) is 16.7 Å². The first-order chi connectivity index (χ1) is 8.20. The Balaban J connectivity index is 1.93. The van der Waals surface area contributed by atoms with Gasteiger partial charge in [-0.3, -0.25) is 9.63 Å². The Morgan fingerprint density at radius 1 is 1.59 bits per heavy atom. The van der Waals surface area contributed by atoms with E-state index in [4.69, 9.17) is 4.84 Å². The number of aryl methyl sites for hydroxylation is 1. The second-order valence-corrected chi connectivity index (χ2v) is 5.20. The fraction of sp³-hybridized carbons (Fsp3) is 0.583. The largest absolute Gasteiger partial charge is 0.343 e. The van der Waals surface area contributed by atoms with E-state index in [2.05, 4.69) is 21.4 Å². The van der Waals surface area contributed by atoms with E-state index < -0.39 is 0 Å². The summed E-state index contributed by atoms with van der Waals surface area (Å²) < 4.78 is 2.79. The van der Waals surface area contributed by atoms with Crippen molar-refractivity contribution < 1.29 is 9.63 Å². The van der Waals surface area contributed by atoms with Crippen molar-refractivity contribution in [2.75, 3.05) is 0 Å². The van der Waals surface area contributed by atoms with Crippen LogP contribution in [0.1, 0.15) is 43.1 Å². The molecular weight excluding hydrogens is 284 g/mol. The van der Waals surface area contributed by atoms with Gasteiger partial charge in [-0.05, 0) is 41.8 Å². The van der Waals surface area contributed by atoms with Gasteiger partial charge >= 0.3 is 0 Å². The molecule has 1 aromatic rings. The molecule has 5 heteroatoms. The molecule has 17 heavy (non-hydrogen) atoms. The second-order valence-electron chi connectivity index (χ2n) is 4.29. The fourth-order valence-corrected chi connectivity index (χ4v) is 2.59. The van der Waals surface area contributed by atoms with Crippen molar-refractivity contribution in [1.29, 1.82) is 0 Å². The Morgan fingerprint density at radius 2 is 2.29 bits per heavy atom. The monoisotopic (exact) mass is 300 g/mol. The van der Waals surface area contributed by atoms with Gasteiger partial charge in [-0.2, -0.15) is 0 Å². The van der Waals surface area contributed by atoms with Crippen LogP contribution < -0.4 is 5.48 Å². The van der Waals surface area contributed by atoms with E-state index in [1.807, 2.05) is 17.7 Å². The van der Waals surface area contributed by atoms with Gasteiger partial charge in [0, 0.05) is 17.2 Å². The number of carbonyl (C=O) groups excluding carboxylic acids is 1. The zero-order valence-electron chi connectivity index (χ0n) is 9.91. The molecule has 0 aliphatic heterocycles. The number of amides is 1. The zero-order valence-corrected chi connectivity index (χ0v) is 11.5. The molecule has 0 saturated heterocycles. The second kappa shape index (κ2) is 5.69. The summed E-state index contributed by atoms with van der Waals surface area (Å²) in [6.07, 6.45) is 6.55. The number of nitrogens with one attached hydrogen (secondary N) is 1. The van der Waals surface area contributed by atoms with Crippen LogP contribution in [0.2, 0.25) is 0 Å². The van der Waals surface area contributed by atoms with Crippen molar-refractivity contribution in [2.45, 2.75) is 45.3 Å². The molecule has 1 heterocycles. The van der Waals surface area contributed by atoms with Crippen molar-refractivity contribution >= 4 is 21.8 Å². The number of hydroxylamine groups is 1. The summed E-state index contributed by atoms with van der Waals surface area (Å²) in [5.41, 5.74) is 3.17. The van der Waals surface area contributed by atoms with Crippen LogP contribution in [-0.2, 0) is 11.4 Å². The van der Waals surface area contributed by atoms with E-state index >= 15 is 0 Å². The number of rotatable bonds is 4. The maximum absolute atomic E-state index is 11.9. The summed E-state index contributed by atoms with van der Waals surface area (Å²) in [5.74, 6) is -0.176. The predicted octanol–water partition coefficient (Wildman–Crippen LogP) is 2.87. The normalized spacial score (nSPS) is 16.4. The van der Waals surface area contributed by atoms with Gasteiger partial charge in [-0.25, -0.2) is 5.48 Å². The molecule has 1 aliphatic carbocycles. The summed E-state index contributed by atoms with van der Waals surface area (Å²) in [4.78, 5) is 17.3. The van der Waals surface area contributed by atoms with E-state index in [-0.39, 0.29) is 12.0 Å². The highest BCUT2D eigenvalue weighted by atomic mass is 79.9. The maximum atomic E-state index is 11.9. The molecule has 1 fully saturated rings. The number of aromatic nitrogens is 1. The lowest BCUT2D eigenvalue weighted by atomic mass is 10.3. The molecule has 1 amide bonds. The molecule has 0 atom stereocenters. The van der Waals surface area contributed by atoms with Gasteiger partial charge < -0.3 is 4.57 Å². The molecule has 0 spiro atoms. The van der Waals surface area contributed by atoms with E-state index in [0.29, 0.717) is 5.69 Å². The van der Waals surface area contributed by atoms with Gasteiger partial charge in [0.05, 0.1) is 6.10 Å². The molecule has 4 nitrogen and oxygen atoms in total. The highest BCUT2D eigenvalue weighted by molar-refractivity contribution is 9.10. The molecule has 0 aromatic carbocycles. The van der Waals surface area contributed by atoms with Crippen LogP contribution >= 0.6 is 15.9 Å². The average Bonchev–Trinajstić information content (AvgIpc) is 2.94. The Morgan fingerprint density at radius 3 is 2.94 bits per heavy atom. The molecule has 1 saturated carbocycles. The fourth-order valence-electron chi connectivity index (χ4n) is 2.12. The van der Waals surface area contributed by atoms with Crippen LogP contribution in [0.4, 0.5) is 0 Å². The van der Waals surface area contributed by atoms with Gasteiger partial charge in [0.25, 0.3) is 5.91 Å². The molecule has 1 N–H and O–H groups in total. The van der Waals surface area contributed by atoms with Gasteiger partial charge in [0.1, 0.15) is 5.69 Å². The lowest BCUT2D eigenvalue weighted by Crippen LogP contribution is -2.29. The minimum absolute atomic E-state index is 0.176. The first-order valence-corrected chi connectivity index (χ1v) is 6.81. The molecule has 2 rings (SSSR count). The summed E-state index contributed by atoms with van der Waals surface area (Å²) >= 11 is 3.37. The smallest absolute Gasteiger partial charge is 0.291 e. The van der Waals surface area contributed by atoms with Crippen LogP contribution in [0.3, 0.4) is 0 Å². The van der Waals surface area contributed by atoms with Gasteiger partial charge in [0.2, 0.25) is 0 Å². The zero-order chi connectivity index (χ0) is 12.3. The molecular formula is C12H17BrN2O2. The van der Waals surface area contributed by atoms with Crippen molar-refractivity contribution in [2.24, 2.45) is 0 Å². The van der Waals surface area contributed by atoms with Gasteiger partial charge in [-0.15, -0.1) is 0 Å². The van der Waals surface area contributed by atoms with E-state index in [9.17, 15) is 4.79 Å². The molecule has 1 aliphatic rings. The molecule has 0 bridgehead atoms. The lowest BCUT2D eigenvalue weighted by molar-refractivity contribution is -0.0129. The summed E-state index contributed by atoms with van der Waals surface area (Å²) in [7, 11) is 0. The van der Waals surface area contributed by atoms with Crippen molar-refractivity contribution in [3.05, 3.63) is 22.4 Å². The Hall–Kier alpha value is -0.810. The molecule has 0 unspecified atom stereocenters. The topological polar surface area (TPSA) is 43.3 Å². The number of hydrogen-bond donors (Lipinski definition) is 1. The van der Waals surface area contributed by atoms with Crippen molar-refractivity contribution in [3.8, 4) is 0 Å².